The highest BCUT2D eigenvalue weighted by Gasteiger charge is 2.28. The summed E-state index contributed by atoms with van der Waals surface area (Å²) in [5.74, 6) is 1.09. The lowest BCUT2D eigenvalue weighted by Gasteiger charge is -2.40. The Kier molecular flexibility index (Phi) is 5.81. The molecule has 0 spiro atoms. The van der Waals surface area contributed by atoms with Crippen molar-refractivity contribution in [2.45, 2.75) is 45.9 Å². The average molecular weight is 342 g/mol. The molecule has 5 heteroatoms. The first kappa shape index (κ1) is 15.7. The number of rotatable bonds is 5. The second kappa shape index (κ2) is 7.38. The molecule has 2 atom stereocenters. The van der Waals surface area contributed by atoms with E-state index in [2.05, 4.69) is 58.0 Å². The Labute approximate surface area is 130 Å². The highest BCUT2D eigenvalue weighted by Crippen LogP contribution is 2.27. The van der Waals surface area contributed by atoms with Crippen LogP contribution >= 0.6 is 15.9 Å². The van der Waals surface area contributed by atoms with Gasteiger partial charge in [0, 0.05) is 29.3 Å². The lowest BCUT2D eigenvalue weighted by atomic mass is 10.1. The van der Waals surface area contributed by atoms with Crippen LogP contribution in [0.4, 0.5) is 5.82 Å². The molecule has 2 rings (SSSR count). The summed E-state index contributed by atoms with van der Waals surface area (Å²) >= 11 is 3.52. The zero-order chi connectivity index (χ0) is 14.5. The van der Waals surface area contributed by atoms with Gasteiger partial charge in [0.25, 0.3) is 0 Å². The van der Waals surface area contributed by atoms with Gasteiger partial charge in [-0.05, 0) is 41.9 Å². The fourth-order valence-electron chi connectivity index (χ4n) is 2.56. The van der Waals surface area contributed by atoms with E-state index in [9.17, 15) is 0 Å². The molecule has 1 aliphatic rings. The molecule has 0 radical (unpaired) electrons. The Hall–Kier alpha value is -0.650. The molecule has 0 bridgehead atoms. The van der Waals surface area contributed by atoms with Gasteiger partial charge < -0.3 is 15.0 Å². The van der Waals surface area contributed by atoms with E-state index in [4.69, 9.17) is 4.74 Å². The van der Waals surface area contributed by atoms with Gasteiger partial charge >= 0.3 is 0 Å². The van der Waals surface area contributed by atoms with Crippen LogP contribution in [0, 0.1) is 0 Å². The van der Waals surface area contributed by atoms with E-state index in [1.807, 2.05) is 6.20 Å². The first-order valence-electron chi connectivity index (χ1n) is 7.39. The third-order valence-electron chi connectivity index (χ3n) is 3.69. The van der Waals surface area contributed by atoms with Crippen LogP contribution in [0.3, 0.4) is 0 Å². The summed E-state index contributed by atoms with van der Waals surface area (Å²) in [7, 11) is 0. The maximum Gasteiger partial charge on any atom is 0.133 e. The molecule has 0 aliphatic carbocycles. The molecule has 1 N–H and O–H groups in total. The molecule has 1 aromatic rings. The summed E-state index contributed by atoms with van der Waals surface area (Å²) in [5, 5.41) is 3.40. The van der Waals surface area contributed by atoms with Crippen molar-refractivity contribution in [3.8, 4) is 0 Å². The second-order valence-electron chi connectivity index (χ2n) is 5.27. The van der Waals surface area contributed by atoms with Gasteiger partial charge in [-0.3, -0.25) is 0 Å². The summed E-state index contributed by atoms with van der Waals surface area (Å²) in [6.07, 6.45) is 3.22. The molecule has 0 amide bonds. The van der Waals surface area contributed by atoms with Crippen LogP contribution in [-0.2, 0) is 11.3 Å². The molecule has 1 fully saturated rings. The van der Waals surface area contributed by atoms with Gasteiger partial charge in [0.15, 0.2) is 0 Å². The second-order valence-corrected chi connectivity index (χ2v) is 6.19. The van der Waals surface area contributed by atoms with Crippen LogP contribution in [0.2, 0.25) is 0 Å². The van der Waals surface area contributed by atoms with E-state index < -0.39 is 0 Å². The van der Waals surface area contributed by atoms with Crippen LogP contribution in [0.1, 0.15) is 32.8 Å². The number of morpholine rings is 1. The van der Waals surface area contributed by atoms with Gasteiger partial charge in [-0.15, -0.1) is 0 Å². The summed E-state index contributed by atoms with van der Waals surface area (Å²) in [4.78, 5) is 7.08. The van der Waals surface area contributed by atoms with Crippen molar-refractivity contribution in [2.24, 2.45) is 0 Å². The van der Waals surface area contributed by atoms with E-state index in [0.717, 1.165) is 43.0 Å². The molecule has 1 aliphatic heterocycles. The van der Waals surface area contributed by atoms with Crippen LogP contribution in [0.5, 0.6) is 0 Å². The summed E-state index contributed by atoms with van der Waals surface area (Å²) in [6, 6.07) is 2.58. The maximum absolute atomic E-state index is 5.78. The minimum Gasteiger partial charge on any atom is -0.375 e. The molecular weight excluding hydrogens is 318 g/mol. The molecule has 1 aromatic heterocycles. The van der Waals surface area contributed by atoms with Crippen molar-refractivity contribution >= 4 is 21.7 Å². The summed E-state index contributed by atoms with van der Waals surface area (Å²) < 4.78 is 6.81. The number of aromatic nitrogens is 1. The zero-order valence-corrected chi connectivity index (χ0v) is 14.1. The van der Waals surface area contributed by atoms with Gasteiger partial charge in [-0.2, -0.15) is 0 Å². The quantitative estimate of drug-likeness (QED) is 0.893. The van der Waals surface area contributed by atoms with Crippen molar-refractivity contribution in [1.29, 1.82) is 0 Å². The fraction of sp³-hybridized carbons (Fsp3) is 0.667. The Morgan fingerprint density at radius 1 is 1.50 bits per heavy atom. The molecule has 20 heavy (non-hydrogen) atoms. The van der Waals surface area contributed by atoms with Gasteiger partial charge in [0.2, 0.25) is 0 Å². The predicted molar refractivity (Wildman–Crippen MR) is 86.2 cm³/mol. The third kappa shape index (κ3) is 3.71. The smallest absolute Gasteiger partial charge is 0.133 e. The van der Waals surface area contributed by atoms with Gasteiger partial charge in [-0.25, -0.2) is 4.98 Å². The lowest BCUT2D eigenvalue weighted by molar-refractivity contribution is 0.0295. The Morgan fingerprint density at radius 2 is 2.30 bits per heavy atom. The van der Waals surface area contributed by atoms with Crippen molar-refractivity contribution in [1.82, 2.24) is 10.3 Å². The van der Waals surface area contributed by atoms with E-state index >= 15 is 0 Å². The molecule has 2 unspecified atom stereocenters. The van der Waals surface area contributed by atoms with E-state index in [0.29, 0.717) is 6.04 Å². The first-order chi connectivity index (χ1) is 9.65. The number of nitrogens with zero attached hydrogens (tertiary/aromatic N) is 2. The Balaban J connectivity index is 2.28. The van der Waals surface area contributed by atoms with E-state index in [-0.39, 0.29) is 6.10 Å². The largest absolute Gasteiger partial charge is 0.375 e. The number of hydrogen-bond donors (Lipinski definition) is 1. The Bertz CT molecular complexity index is 441. The summed E-state index contributed by atoms with van der Waals surface area (Å²) in [5.41, 5.74) is 1.24. The van der Waals surface area contributed by atoms with Crippen molar-refractivity contribution in [3.05, 3.63) is 22.3 Å². The monoisotopic (exact) mass is 341 g/mol. The number of nitrogens with one attached hydrogen (secondary N) is 1. The molecule has 0 aromatic carbocycles. The molecular formula is C15H24BrN3O. The zero-order valence-electron chi connectivity index (χ0n) is 12.5. The number of anilines is 1. The number of hydrogen-bond acceptors (Lipinski definition) is 4. The van der Waals surface area contributed by atoms with Gasteiger partial charge in [0.1, 0.15) is 5.82 Å². The minimum absolute atomic E-state index is 0.259. The standard InChI is InChI=1S/C15H24BrN3O/c1-4-14-10-20-11(3)9-19(14)15-12(7-17-5-2)6-13(16)8-18-15/h6,8,11,14,17H,4-5,7,9-10H2,1-3H3. The average Bonchev–Trinajstić information content (AvgIpc) is 2.45. The fourth-order valence-corrected chi connectivity index (χ4v) is 2.94. The van der Waals surface area contributed by atoms with Crippen LogP contribution in [-0.4, -0.2) is 36.8 Å². The SMILES string of the molecule is CCNCc1cc(Br)cnc1N1CC(C)OCC1CC. The molecule has 2 heterocycles. The lowest BCUT2D eigenvalue weighted by Crippen LogP contribution is -2.49. The highest BCUT2D eigenvalue weighted by molar-refractivity contribution is 9.10. The molecule has 0 saturated carbocycles. The van der Waals surface area contributed by atoms with Crippen molar-refractivity contribution in [3.63, 3.8) is 0 Å². The normalized spacial score (nSPS) is 23.1. The third-order valence-corrected chi connectivity index (χ3v) is 4.12. The van der Waals surface area contributed by atoms with Crippen LogP contribution < -0.4 is 10.2 Å². The van der Waals surface area contributed by atoms with Crippen molar-refractivity contribution in [2.75, 3.05) is 24.6 Å². The van der Waals surface area contributed by atoms with Crippen LogP contribution in [0.25, 0.3) is 0 Å². The van der Waals surface area contributed by atoms with Gasteiger partial charge in [0.05, 0.1) is 18.8 Å². The molecule has 112 valence electrons. The molecule has 1 saturated heterocycles. The van der Waals surface area contributed by atoms with Crippen molar-refractivity contribution < 1.29 is 4.74 Å². The first-order valence-corrected chi connectivity index (χ1v) is 8.18. The number of halogens is 1. The maximum atomic E-state index is 5.78. The number of ether oxygens (including phenoxy) is 1. The van der Waals surface area contributed by atoms with Crippen LogP contribution in [0.15, 0.2) is 16.7 Å². The minimum atomic E-state index is 0.259. The highest BCUT2D eigenvalue weighted by atomic mass is 79.9. The number of pyridine rings is 1. The summed E-state index contributed by atoms with van der Waals surface area (Å²) in [6.45, 7) is 9.96. The topological polar surface area (TPSA) is 37.4 Å². The molecule has 4 nitrogen and oxygen atoms in total. The van der Waals surface area contributed by atoms with E-state index in [1.165, 1.54) is 5.56 Å². The Morgan fingerprint density at radius 3 is 3.00 bits per heavy atom. The van der Waals surface area contributed by atoms with Gasteiger partial charge in [-0.1, -0.05) is 13.8 Å². The predicted octanol–water partition coefficient (Wildman–Crippen LogP) is 2.96. The van der Waals surface area contributed by atoms with E-state index in [1.54, 1.807) is 0 Å².